The summed E-state index contributed by atoms with van der Waals surface area (Å²) in [4.78, 5) is 11.7. The van der Waals surface area contributed by atoms with Crippen molar-refractivity contribution >= 4 is 5.97 Å². The first-order valence-corrected chi connectivity index (χ1v) is 6.58. The number of unbranched alkanes of at least 4 members (excludes halogenated alkanes) is 1. The van der Waals surface area contributed by atoms with Crippen molar-refractivity contribution < 1.29 is 14.3 Å². The van der Waals surface area contributed by atoms with E-state index in [4.69, 9.17) is 9.47 Å². The molecule has 3 nitrogen and oxygen atoms in total. The van der Waals surface area contributed by atoms with Gasteiger partial charge in [0.25, 0.3) is 0 Å². The molecule has 0 aliphatic heterocycles. The molecule has 0 saturated carbocycles. The predicted molar refractivity (Wildman–Crippen MR) is 69.9 cm³/mol. The molecule has 0 aromatic rings. The van der Waals surface area contributed by atoms with Crippen LogP contribution >= 0.6 is 0 Å². The highest BCUT2D eigenvalue weighted by molar-refractivity contribution is 5.88. The summed E-state index contributed by atoms with van der Waals surface area (Å²) in [6.07, 6.45) is 4.97. The molecule has 0 aromatic heterocycles. The van der Waals surface area contributed by atoms with Gasteiger partial charge in [0.15, 0.2) is 0 Å². The van der Waals surface area contributed by atoms with Crippen molar-refractivity contribution in [2.45, 2.75) is 47.0 Å². The largest absolute Gasteiger partial charge is 0.460 e. The molecule has 0 unspecified atom stereocenters. The van der Waals surface area contributed by atoms with Gasteiger partial charge in [0.1, 0.15) is 6.61 Å². The molecule has 17 heavy (non-hydrogen) atoms. The molecule has 0 fully saturated rings. The van der Waals surface area contributed by atoms with Crippen LogP contribution in [0.2, 0.25) is 0 Å². The summed E-state index contributed by atoms with van der Waals surface area (Å²) in [5, 5.41) is 0. The lowest BCUT2D eigenvalue weighted by Gasteiger charge is -2.11. The maximum atomic E-state index is 11.7. The fraction of sp³-hybridized carbons (Fsp3) is 0.786. The van der Waals surface area contributed by atoms with Crippen LogP contribution in [0.5, 0.6) is 0 Å². The number of carbonyl (C=O) groups excluding carboxylic acids is 1. The number of ether oxygens (including phenoxy) is 2. The van der Waals surface area contributed by atoms with Crippen molar-refractivity contribution in [3.8, 4) is 0 Å². The lowest BCUT2D eigenvalue weighted by molar-refractivity contribution is -0.141. The second-order valence-corrected chi connectivity index (χ2v) is 4.32. The van der Waals surface area contributed by atoms with E-state index < -0.39 is 0 Å². The third-order valence-corrected chi connectivity index (χ3v) is 2.38. The normalized spacial score (nSPS) is 11.9. The Balaban J connectivity index is 3.80. The van der Waals surface area contributed by atoms with Gasteiger partial charge in [-0.3, -0.25) is 0 Å². The standard InChI is InChI=1S/C14H26O3/c1-5-7-9-16-10-11-17-14(15)13(8-6-2)12(3)4/h8,12H,5-7,9-11H2,1-4H3. The molecule has 0 aliphatic rings. The third-order valence-electron chi connectivity index (χ3n) is 2.38. The second kappa shape index (κ2) is 10.3. The zero-order valence-corrected chi connectivity index (χ0v) is 11.6. The second-order valence-electron chi connectivity index (χ2n) is 4.32. The average Bonchev–Trinajstić information content (AvgIpc) is 2.29. The average molecular weight is 242 g/mol. The third kappa shape index (κ3) is 7.97. The van der Waals surface area contributed by atoms with Gasteiger partial charge >= 0.3 is 5.97 Å². The van der Waals surface area contributed by atoms with E-state index in [0.29, 0.717) is 13.2 Å². The smallest absolute Gasteiger partial charge is 0.334 e. The quantitative estimate of drug-likeness (QED) is 0.353. The summed E-state index contributed by atoms with van der Waals surface area (Å²) >= 11 is 0. The summed E-state index contributed by atoms with van der Waals surface area (Å²) in [6, 6.07) is 0. The molecular weight excluding hydrogens is 216 g/mol. The van der Waals surface area contributed by atoms with Gasteiger partial charge in [0, 0.05) is 12.2 Å². The minimum absolute atomic E-state index is 0.207. The number of esters is 1. The highest BCUT2D eigenvalue weighted by Crippen LogP contribution is 2.12. The molecule has 0 atom stereocenters. The summed E-state index contributed by atoms with van der Waals surface area (Å²) in [5.41, 5.74) is 0.765. The van der Waals surface area contributed by atoms with Crippen molar-refractivity contribution in [2.75, 3.05) is 19.8 Å². The fourth-order valence-corrected chi connectivity index (χ4v) is 1.40. The summed E-state index contributed by atoms with van der Waals surface area (Å²) < 4.78 is 10.5. The lowest BCUT2D eigenvalue weighted by Crippen LogP contribution is -2.15. The molecule has 0 N–H and O–H groups in total. The van der Waals surface area contributed by atoms with Gasteiger partial charge in [0.05, 0.1) is 6.61 Å². The Morgan fingerprint density at radius 2 is 1.88 bits per heavy atom. The SMILES string of the molecule is CCC=C(C(=O)OCCOCCCC)C(C)C. The number of carbonyl (C=O) groups is 1. The highest BCUT2D eigenvalue weighted by Gasteiger charge is 2.13. The zero-order valence-electron chi connectivity index (χ0n) is 11.6. The number of allylic oxidation sites excluding steroid dienone is 1. The molecule has 3 heteroatoms. The van der Waals surface area contributed by atoms with Gasteiger partial charge in [-0.25, -0.2) is 4.79 Å². The van der Waals surface area contributed by atoms with Crippen LogP contribution in [0.25, 0.3) is 0 Å². The van der Waals surface area contributed by atoms with E-state index in [1.165, 1.54) is 0 Å². The van der Waals surface area contributed by atoms with E-state index >= 15 is 0 Å². The maximum absolute atomic E-state index is 11.7. The molecule has 0 spiro atoms. The molecule has 0 amide bonds. The minimum atomic E-state index is -0.207. The van der Waals surface area contributed by atoms with Crippen LogP contribution in [0.15, 0.2) is 11.6 Å². The Hall–Kier alpha value is -0.830. The molecular formula is C14H26O3. The van der Waals surface area contributed by atoms with Gasteiger partial charge < -0.3 is 9.47 Å². The van der Waals surface area contributed by atoms with E-state index in [2.05, 4.69) is 6.92 Å². The number of hydrogen-bond donors (Lipinski definition) is 0. The lowest BCUT2D eigenvalue weighted by atomic mass is 10.0. The Kier molecular flexibility index (Phi) is 9.83. The summed E-state index contributed by atoms with van der Waals surface area (Å²) in [6.45, 7) is 9.72. The topological polar surface area (TPSA) is 35.5 Å². The van der Waals surface area contributed by atoms with Crippen molar-refractivity contribution in [1.29, 1.82) is 0 Å². The number of rotatable bonds is 9. The Bertz CT molecular complexity index is 232. The van der Waals surface area contributed by atoms with Crippen LogP contribution in [0, 0.1) is 5.92 Å². The minimum Gasteiger partial charge on any atom is -0.460 e. The molecule has 0 radical (unpaired) electrons. The van der Waals surface area contributed by atoms with Crippen molar-refractivity contribution in [3.05, 3.63) is 11.6 Å². The van der Waals surface area contributed by atoms with E-state index in [0.717, 1.165) is 31.4 Å². The monoisotopic (exact) mass is 242 g/mol. The van der Waals surface area contributed by atoms with E-state index in [9.17, 15) is 4.79 Å². The van der Waals surface area contributed by atoms with Gasteiger partial charge in [0.2, 0.25) is 0 Å². The predicted octanol–water partition coefficient (Wildman–Crippen LogP) is 3.34. The molecule has 0 saturated heterocycles. The molecule has 100 valence electrons. The van der Waals surface area contributed by atoms with E-state index in [-0.39, 0.29) is 11.9 Å². The van der Waals surface area contributed by atoms with E-state index in [1.54, 1.807) is 0 Å². The summed E-state index contributed by atoms with van der Waals surface area (Å²) in [7, 11) is 0. The van der Waals surface area contributed by atoms with Crippen molar-refractivity contribution in [1.82, 2.24) is 0 Å². The summed E-state index contributed by atoms with van der Waals surface area (Å²) in [5.74, 6) is 0.00408. The first-order chi connectivity index (χ1) is 8.13. The zero-order chi connectivity index (χ0) is 13.1. The fourth-order valence-electron chi connectivity index (χ4n) is 1.40. The van der Waals surface area contributed by atoms with Gasteiger partial charge in [-0.1, -0.05) is 40.2 Å². The molecule has 0 heterocycles. The first kappa shape index (κ1) is 16.2. The van der Waals surface area contributed by atoms with Gasteiger partial charge in [-0.05, 0) is 18.8 Å². The molecule has 0 aromatic carbocycles. The van der Waals surface area contributed by atoms with Crippen LogP contribution in [0.3, 0.4) is 0 Å². The van der Waals surface area contributed by atoms with Crippen molar-refractivity contribution in [2.24, 2.45) is 5.92 Å². The Morgan fingerprint density at radius 3 is 2.41 bits per heavy atom. The van der Waals surface area contributed by atoms with Crippen LogP contribution < -0.4 is 0 Å². The van der Waals surface area contributed by atoms with Crippen LogP contribution in [0.4, 0.5) is 0 Å². The molecule has 0 aliphatic carbocycles. The van der Waals surface area contributed by atoms with Crippen LogP contribution in [-0.2, 0) is 14.3 Å². The first-order valence-electron chi connectivity index (χ1n) is 6.58. The van der Waals surface area contributed by atoms with Gasteiger partial charge in [-0.2, -0.15) is 0 Å². The Morgan fingerprint density at radius 1 is 1.18 bits per heavy atom. The molecule has 0 rings (SSSR count). The maximum Gasteiger partial charge on any atom is 0.334 e. The Labute approximate surface area is 105 Å². The highest BCUT2D eigenvalue weighted by atomic mass is 16.6. The van der Waals surface area contributed by atoms with Gasteiger partial charge in [-0.15, -0.1) is 0 Å². The van der Waals surface area contributed by atoms with Crippen molar-refractivity contribution in [3.63, 3.8) is 0 Å². The molecule has 0 bridgehead atoms. The van der Waals surface area contributed by atoms with E-state index in [1.807, 2.05) is 26.8 Å². The van der Waals surface area contributed by atoms with Crippen LogP contribution in [-0.4, -0.2) is 25.8 Å². The van der Waals surface area contributed by atoms with Crippen LogP contribution in [0.1, 0.15) is 47.0 Å². The number of hydrogen-bond acceptors (Lipinski definition) is 3.